The minimum atomic E-state index is -4.17. The fourth-order valence-corrected chi connectivity index (χ4v) is 4.59. The lowest BCUT2D eigenvalue weighted by molar-refractivity contribution is -0.138. The second kappa shape index (κ2) is 6.40. The summed E-state index contributed by atoms with van der Waals surface area (Å²) in [5.41, 5.74) is 0.121. The summed E-state index contributed by atoms with van der Waals surface area (Å²) in [6, 6.07) is 4.01. The van der Waals surface area contributed by atoms with E-state index < -0.39 is 32.8 Å². The number of sulfonamides is 1. The van der Waals surface area contributed by atoms with Gasteiger partial charge in [-0.2, -0.15) is 0 Å². The van der Waals surface area contributed by atoms with E-state index in [2.05, 4.69) is 4.72 Å². The molecule has 0 saturated carbocycles. The van der Waals surface area contributed by atoms with E-state index in [4.69, 9.17) is 9.47 Å². The van der Waals surface area contributed by atoms with Crippen LogP contribution in [0.5, 0.6) is 0 Å². The van der Waals surface area contributed by atoms with Crippen molar-refractivity contribution in [1.82, 2.24) is 0 Å². The maximum Gasteiger partial charge on any atom is 0.332 e. The quantitative estimate of drug-likeness (QED) is 0.837. The average Bonchev–Trinajstić information content (AvgIpc) is 2.98. The number of halogens is 1. The topological polar surface area (TPSA) is 102 Å². The smallest absolute Gasteiger partial charge is 0.332 e. The van der Waals surface area contributed by atoms with Crippen molar-refractivity contribution in [3.63, 3.8) is 0 Å². The van der Waals surface area contributed by atoms with E-state index in [0.717, 1.165) is 6.07 Å². The van der Waals surface area contributed by atoms with E-state index in [-0.39, 0.29) is 24.1 Å². The van der Waals surface area contributed by atoms with E-state index in [9.17, 15) is 22.7 Å². The lowest BCUT2D eigenvalue weighted by atomic mass is 9.94. The molecule has 2 aliphatic rings. The second-order valence-corrected chi connectivity index (χ2v) is 7.93. The molecule has 0 radical (unpaired) electrons. The van der Waals surface area contributed by atoms with Crippen LogP contribution in [0.4, 0.5) is 10.1 Å². The number of ether oxygens (including phenoxy) is 2. The number of hydrogen-bond donors (Lipinski definition) is 2. The summed E-state index contributed by atoms with van der Waals surface area (Å²) in [6.07, 6.45) is 1.40. The minimum absolute atomic E-state index is 0.0130. The predicted molar refractivity (Wildman–Crippen MR) is 87.1 cm³/mol. The molecule has 9 heteroatoms. The van der Waals surface area contributed by atoms with Crippen LogP contribution in [-0.2, 0) is 24.3 Å². The average molecular weight is 371 g/mol. The third kappa shape index (κ3) is 3.53. The van der Waals surface area contributed by atoms with Crippen LogP contribution >= 0.6 is 0 Å². The number of aryl methyl sites for hydroxylation is 1. The predicted octanol–water partition coefficient (Wildman–Crippen LogP) is 1.79. The highest BCUT2D eigenvalue weighted by molar-refractivity contribution is 7.93. The number of nitrogens with one attached hydrogen (secondary N) is 1. The molecule has 0 bridgehead atoms. The maximum atomic E-state index is 13.9. The Morgan fingerprint density at radius 1 is 1.36 bits per heavy atom. The minimum Gasteiger partial charge on any atom is -0.478 e. The zero-order valence-corrected chi connectivity index (χ0v) is 14.3. The van der Waals surface area contributed by atoms with Gasteiger partial charge in [-0.1, -0.05) is 6.07 Å². The number of rotatable bonds is 4. The second-order valence-electron chi connectivity index (χ2n) is 6.07. The molecule has 136 valence electrons. The Bertz CT molecular complexity index is 829. The van der Waals surface area contributed by atoms with Gasteiger partial charge in [0.25, 0.3) is 0 Å². The van der Waals surface area contributed by atoms with E-state index in [1.165, 1.54) is 18.2 Å². The molecule has 3 rings (SSSR count). The summed E-state index contributed by atoms with van der Waals surface area (Å²) in [4.78, 5) is 11.6. The Labute approximate surface area is 144 Å². The molecular formula is C16H18FNO6S. The van der Waals surface area contributed by atoms with Crippen LogP contribution < -0.4 is 4.72 Å². The first kappa shape index (κ1) is 17.8. The zero-order valence-electron chi connectivity index (χ0n) is 13.5. The molecule has 1 unspecified atom stereocenters. The molecule has 7 nitrogen and oxygen atoms in total. The molecule has 25 heavy (non-hydrogen) atoms. The van der Waals surface area contributed by atoms with Gasteiger partial charge >= 0.3 is 5.97 Å². The number of hydrogen-bond acceptors (Lipinski definition) is 5. The molecule has 1 heterocycles. The van der Waals surface area contributed by atoms with Crippen molar-refractivity contribution in [2.24, 2.45) is 0 Å². The first-order chi connectivity index (χ1) is 11.7. The van der Waals surface area contributed by atoms with Crippen molar-refractivity contribution < 1.29 is 32.2 Å². The van der Waals surface area contributed by atoms with Crippen LogP contribution in [0.3, 0.4) is 0 Å². The van der Waals surface area contributed by atoms with Crippen molar-refractivity contribution in [3.05, 3.63) is 41.2 Å². The van der Waals surface area contributed by atoms with Crippen molar-refractivity contribution in [1.29, 1.82) is 0 Å². The molecule has 1 aromatic carbocycles. The lowest BCUT2D eigenvalue weighted by Gasteiger charge is -2.32. The molecular weight excluding hydrogens is 353 g/mol. The first-order valence-corrected chi connectivity index (χ1v) is 9.29. The van der Waals surface area contributed by atoms with Crippen LogP contribution in [0.1, 0.15) is 18.4 Å². The Morgan fingerprint density at radius 3 is 2.68 bits per heavy atom. The van der Waals surface area contributed by atoms with Gasteiger partial charge in [-0.15, -0.1) is 0 Å². The zero-order chi connectivity index (χ0) is 18.2. The van der Waals surface area contributed by atoms with Crippen LogP contribution in [0.2, 0.25) is 0 Å². The van der Waals surface area contributed by atoms with E-state index in [0.29, 0.717) is 18.8 Å². The highest BCUT2D eigenvalue weighted by atomic mass is 32.2. The standard InChI is InChI=1S/C16H18FNO6S/c1-10-2-3-12(17)13(8-10)18-25(21,22)14-4-5-16(23-6-7-24-16)9-11(14)15(19)20/h2-3,8-9,14,18H,4-7H2,1H3,(H,19,20). The highest BCUT2D eigenvalue weighted by Crippen LogP contribution is 2.37. The summed E-state index contributed by atoms with van der Waals surface area (Å²) >= 11 is 0. The Kier molecular flexibility index (Phi) is 4.56. The number of anilines is 1. The van der Waals surface area contributed by atoms with E-state index >= 15 is 0 Å². The number of benzene rings is 1. The lowest BCUT2D eigenvalue weighted by Crippen LogP contribution is -2.42. The van der Waals surface area contributed by atoms with Gasteiger partial charge in [0.1, 0.15) is 11.1 Å². The molecule has 1 atom stereocenters. The molecule has 1 fully saturated rings. The molecule has 2 N–H and O–H groups in total. The van der Waals surface area contributed by atoms with Crippen LogP contribution in [0.25, 0.3) is 0 Å². The molecule has 1 aliphatic carbocycles. The number of carboxylic acid groups (broad SMARTS) is 1. The molecule has 1 saturated heterocycles. The fourth-order valence-electron chi connectivity index (χ4n) is 3.05. The van der Waals surface area contributed by atoms with Gasteiger partial charge in [0.15, 0.2) is 5.79 Å². The molecule has 1 spiro atoms. The van der Waals surface area contributed by atoms with Gasteiger partial charge in [-0.3, -0.25) is 4.72 Å². The van der Waals surface area contributed by atoms with Gasteiger partial charge in [0.05, 0.1) is 24.5 Å². The summed E-state index contributed by atoms with van der Waals surface area (Å²) < 4.78 is 52.3. The molecule has 0 aromatic heterocycles. The van der Waals surface area contributed by atoms with Crippen molar-refractivity contribution in [2.75, 3.05) is 17.9 Å². The summed E-state index contributed by atoms with van der Waals surface area (Å²) in [6.45, 7) is 2.32. The van der Waals surface area contributed by atoms with Gasteiger partial charge < -0.3 is 14.6 Å². The van der Waals surface area contributed by atoms with Crippen molar-refractivity contribution >= 4 is 21.7 Å². The SMILES string of the molecule is Cc1ccc(F)c(NS(=O)(=O)C2CCC3(C=C2C(=O)O)OCCO3)c1. The Hall–Kier alpha value is -1.97. The monoisotopic (exact) mass is 371 g/mol. The van der Waals surface area contributed by atoms with Gasteiger partial charge in [-0.05, 0) is 37.1 Å². The first-order valence-electron chi connectivity index (χ1n) is 7.74. The van der Waals surface area contributed by atoms with Crippen LogP contribution in [0.15, 0.2) is 29.8 Å². The Balaban J connectivity index is 1.93. The van der Waals surface area contributed by atoms with Crippen LogP contribution in [0, 0.1) is 12.7 Å². The third-order valence-corrected chi connectivity index (χ3v) is 5.99. The van der Waals surface area contributed by atoms with Crippen molar-refractivity contribution in [3.8, 4) is 0 Å². The fraction of sp³-hybridized carbons (Fsp3) is 0.438. The number of carbonyl (C=O) groups is 1. The van der Waals surface area contributed by atoms with Crippen molar-refractivity contribution in [2.45, 2.75) is 30.8 Å². The maximum absolute atomic E-state index is 13.9. The summed E-state index contributed by atoms with van der Waals surface area (Å²) in [7, 11) is -4.17. The number of carboxylic acids is 1. The Morgan fingerprint density at radius 2 is 2.04 bits per heavy atom. The molecule has 1 aliphatic heterocycles. The largest absolute Gasteiger partial charge is 0.478 e. The van der Waals surface area contributed by atoms with Gasteiger partial charge in [-0.25, -0.2) is 17.6 Å². The highest BCUT2D eigenvalue weighted by Gasteiger charge is 2.45. The molecule has 1 aromatic rings. The summed E-state index contributed by atoms with van der Waals surface area (Å²) in [5, 5.41) is 8.10. The third-order valence-electron chi connectivity index (χ3n) is 4.25. The van der Waals surface area contributed by atoms with E-state index in [1.807, 2.05) is 0 Å². The normalized spacial score (nSPS) is 22.6. The number of aliphatic carboxylic acids is 1. The van der Waals surface area contributed by atoms with Gasteiger partial charge in [0, 0.05) is 6.42 Å². The van der Waals surface area contributed by atoms with Gasteiger partial charge in [0.2, 0.25) is 10.0 Å². The van der Waals surface area contributed by atoms with Crippen LogP contribution in [-0.4, -0.2) is 43.7 Å². The van der Waals surface area contributed by atoms with E-state index in [1.54, 1.807) is 6.92 Å². The molecule has 0 amide bonds. The summed E-state index contributed by atoms with van der Waals surface area (Å²) in [5.74, 6) is -3.29.